The minimum atomic E-state index is -0.0198. The molecule has 0 radical (unpaired) electrons. The van der Waals surface area contributed by atoms with Gasteiger partial charge in [-0.25, -0.2) is 0 Å². The Morgan fingerprint density at radius 3 is 2.53 bits per heavy atom. The molecule has 102 valence electrons. The van der Waals surface area contributed by atoms with Crippen LogP contribution in [0.5, 0.6) is 0 Å². The van der Waals surface area contributed by atoms with E-state index in [0.29, 0.717) is 23.6 Å². The molecule has 0 aromatic heterocycles. The lowest BCUT2D eigenvalue weighted by molar-refractivity contribution is -0.117. The van der Waals surface area contributed by atoms with Crippen molar-refractivity contribution in [1.82, 2.24) is 0 Å². The number of Topliss-reactive ketones (excluding diaryl/α,β-unsaturated/α-hetero) is 1. The summed E-state index contributed by atoms with van der Waals surface area (Å²) in [7, 11) is 0. The topological polar surface area (TPSA) is 46.2 Å². The summed E-state index contributed by atoms with van der Waals surface area (Å²) in [5.74, 6) is 0.521. The van der Waals surface area contributed by atoms with Gasteiger partial charge in [-0.3, -0.25) is 9.59 Å². The minimum Gasteiger partial charge on any atom is -0.325 e. The van der Waals surface area contributed by atoms with Gasteiger partial charge in [0, 0.05) is 12.0 Å². The quantitative estimate of drug-likeness (QED) is 0.836. The van der Waals surface area contributed by atoms with Crippen molar-refractivity contribution < 1.29 is 9.59 Å². The van der Waals surface area contributed by atoms with Crippen LogP contribution in [0.3, 0.4) is 0 Å². The zero-order valence-electron chi connectivity index (χ0n) is 11.4. The van der Waals surface area contributed by atoms with E-state index in [1.54, 1.807) is 12.1 Å². The number of anilines is 1. The average Bonchev–Trinajstić information content (AvgIpc) is 2.40. The molecule has 3 nitrogen and oxygen atoms in total. The normalized spacial score (nSPS) is 16.1. The summed E-state index contributed by atoms with van der Waals surface area (Å²) in [6.07, 6.45) is 6.66. The van der Waals surface area contributed by atoms with Crippen LogP contribution in [0.25, 0.3) is 0 Å². The van der Waals surface area contributed by atoms with Gasteiger partial charge in [0.15, 0.2) is 5.78 Å². The van der Waals surface area contributed by atoms with Crippen LogP contribution in [0.1, 0.15) is 55.8 Å². The third-order valence-corrected chi connectivity index (χ3v) is 3.78. The van der Waals surface area contributed by atoms with Gasteiger partial charge in [0.2, 0.25) is 5.91 Å². The van der Waals surface area contributed by atoms with Gasteiger partial charge in [-0.05, 0) is 37.8 Å². The van der Waals surface area contributed by atoms with Crippen molar-refractivity contribution in [2.24, 2.45) is 5.92 Å². The van der Waals surface area contributed by atoms with Crippen molar-refractivity contribution in [2.45, 2.75) is 45.4 Å². The molecule has 0 heterocycles. The Hall–Kier alpha value is -1.64. The molecule has 1 aliphatic rings. The fourth-order valence-electron chi connectivity index (χ4n) is 2.75. The van der Waals surface area contributed by atoms with E-state index in [-0.39, 0.29) is 11.7 Å². The zero-order chi connectivity index (χ0) is 13.7. The fraction of sp³-hybridized carbons (Fsp3) is 0.500. The smallest absolute Gasteiger partial charge is 0.224 e. The highest BCUT2D eigenvalue weighted by atomic mass is 16.1. The summed E-state index contributed by atoms with van der Waals surface area (Å²) in [6, 6.07) is 7.18. The highest BCUT2D eigenvalue weighted by Crippen LogP contribution is 2.27. The molecule has 3 heteroatoms. The van der Waals surface area contributed by atoms with Crippen LogP contribution in [0.15, 0.2) is 24.3 Å². The Morgan fingerprint density at radius 2 is 1.84 bits per heavy atom. The highest BCUT2D eigenvalue weighted by Gasteiger charge is 2.18. The van der Waals surface area contributed by atoms with Crippen LogP contribution in [-0.4, -0.2) is 11.7 Å². The van der Waals surface area contributed by atoms with Crippen molar-refractivity contribution >= 4 is 17.4 Å². The van der Waals surface area contributed by atoms with Crippen LogP contribution in [0, 0.1) is 5.92 Å². The minimum absolute atomic E-state index is 0.0198. The number of nitrogens with one attached hydrogen (secondary N) is 1. The van der Waals surface area contributed by atoms with E-state index < -0.39 is 0 Å². The van der Waals surface area contributed by atoms with E-state index in [4.69, 9.17) is 0 Å². The number of amides is 1. The molecule has 1 amide bonds. The van der Waals surface area contributed by atoms with Crippen LogP contribution in [0.4, 0.5) is 5.69 Å². The number of carbonyl (C=O) groups excluding carboxylic acids is 2. The molecule has 1 aliphatic carbocycles. The monoisotopic (exact) mass is 259 g/mol. The number of hydrogen-bond acceptors (Lipinski definition) is 2. The van der Waals surface area contributed by atoms with Crippen molar-refractivity contribution in [3.63, 3.8) is 0 Å². The van der Waals surface area contributed by atoms with Gasteiger partial charge < -0.3 is 5.32 Å². The fourth-order valence-corrected chi connectivity index (χ4v) is 2.75. The molecule has 1 N–H and O–H groups in total. The molecule has 2 rings (SSSR count). The zero-order valence-corrected chi connectivity index (χ0v) is 11.4. The summed E-state index contributed by atoms with van der Waals surface area (Å²) < 4.78 is 0. The molecular formula is C16H21NO2. The lowest BCUT2D eigenvalue weighted by atomic mass is 9.87. The molecule has 0 spiro atoms. The summed E-state index contributed by atoms with van der Waals surface area (Å²) in [5.41, 5.74) is 1.22. The summed E-state index contributed by atoms with van der Waals surface area (Å²) >= 11 is 0. The third kappa shape index (κ3) is 3.91. The Morgan fingerprint density at radius 1 is 1.16 bits per heavy atom. The maximum absolute atomic E-state index is 12.0. The lowest BCUT2D eigenvalue weighted by Gasteiger charge is -2.21. The molecule has 1 aromatic rings. The van der Waals surface area contributed by atoms with Crippen LogP contribution >= 0.6 is 0 Å². The summed E-state index contributed by atoms with van der Waals surface area (Å²) in [5, 5.41) is 2.88. The standard InChI is InChI=1S/C16H21NO2/c1-12(18)14-9-5-6-10-15(14)17-16(19)11-13-7-3-2-4-8-13/h5-6,9-10,13H,2-4,7-8,11H2,1H3,(H,17,19). The van der Waals surface area contributed by atoms with Crippen molar-refractivity contribution in [3.8, 4) is 0 Å². The van der Waals surface area contributed by atoms with Gasteiger partial charge >= 0.3 is 0 Å². The SMILES string of the molecule is CC(=O)c1ccccc1NC(=O)CC1CCCCC1. The van der Waals surface area contributed by atoms with E-state index in [9.17, 15) is 9.59 Å². The van der Waals surface area contributed by atoms with Gasteiger partial charge in [-0.1, -0.05) is 31.4 Å². The van der Waals surface area contributed by atoms with Crippen LogP contribution < -0.4 is 5.32 Å². The first kappa shape index (κ1) is 13.8. The third-order valence-electron chi connectivity index (χ3n) is 3.78. The van der Waals surface area contributed by atoms with Crippen molar-refractivity contribution in [2.75, 3.05) is 5.32 Å². The maximum Gasteiger partial charge on any atom is 0.224 e. The molecular weight excluding hydrogens is 238 g/mol. The first-order valence-electron chi connectivity index (χ1n) is 7.06. The molecule has 1 saturated carbocycles. The first-order valence-corrected chi connectivity index (χ1v) is 7.06. The van der Waals surface area contributed by atoms with Gasteiger partial charge in [0.1, 0.15) is 0 Å². The molecule has 0 unspecified atom stereocenters. The van der Waals surface area contributed by atoms with Gasteiger partial charge in [-0.2, -0.15) is 0 Å². The first-order chi connectivity index (χ1) is 9.16. The van der Waals surface area contributed by atoms with E-state index in [1.165, 1.54) is 26.2 Å². The van der Waals surface area contributed by atoms with Crippen molar-refractivity contribution in [3.05, 3.63) is 29.8 Å². The van der Waals surface area contributed by atoms with Crippen molar-refractivity contribution in [1.29, 1.82) is 0 Å². The predicted molar refractivity (Wildman–Crippen MR) is 76.3 cm³/mol. The van der Waals surface area contributed by atoms with E-state index >= 15 is 0 Å². The maximum atomic E-state index is 12.0. The molecule has 0 bridgehead atoms. The van der Waals surface area contributed by atoms with E-state index in [1.807, 2.05) is 12.1 Å². The number of ketones is 1. The highest BCUT2D eigenvalue weighted by molar-refractivity contribution is 6.03. The molecule has 1 aromatic carbocycles. The largest absolute Gasteiger partial charge is 0.325 e. The summed E-state index contributed by atoms with van der Waals surface area (Å²) in [6.45, 7) is 1.52. The second-order valence-corrected chi connectivity index (χ2v) is 5.36. The lowest BCUT2D eigenvalue weighted by Crippen LogP contribution is -2.19. The van der Waals surface area contributed by atoms with Crippen LogP contribution in [-0.2, 0) is 4.79 Å². The molecule has 0 aliphatic heterocycles. The average molecular weight is 259 g/mol. The van der Waals surface area contributed by atoms with E-state index in [2.05, 4.69) is 5.32 Å². The Balaban J connectivity index is 1.96. The number of carbonyl (C=O) groups is 2. The summed E-state index contributed by atoms with van der Waals surface area (Å²) in [4.78, 5) is 23.5. The molecule has 19 heavy (non-hydrogen) atoms. The van der Waals surface area contributed by atoms with Crippen LogP contribution in [0.2, 0.25) is 0 Å². The van der Waals surface area contributed by atoms with Gasteiger partial charge in [-0.15, -0.1) is 0 Å². The Bertz CT molecular complexity index is 462. The number of rotatable bonds is 4. The second-order valence-electron chi connectivity index (χ2n) is 5.36. The molecule has 0 atom stereocenters. The second kappa shape index (κ2) is 6.50. The number of hydrogen-bond donors (Lipinski definition) is 1. The van der Waals surface area contributed by atoms with E-state index in [0.717, 1.165) is 12.8 Å². The Kier molecular flexibility index (Phi) is 4.72. The number of benzene rings is 1. The Labute approximate surface area is 114 Å². The van der Waals surface area contributed by atoms with Gasteiger partial charge in [0.05, 0.1) is 5.69 Å². The molecule has 0 saturated heterocycles. The molecule has 1 fully saturated rings. The number of para-hydroxylation sites is 1. The van der Waals surface area contributed by atoms with Gasteiger partial charge in [0.25, 0.3) is 0 Å². The predicted octanol–water partition coefficient (Wildman–Crippen LogP) is 3.80.